The Bertz CT molecular complexity index is 672. The molecule has 0 aromatic heterocycles. The molecule has 0 saturated heterocycles. The Labute approximate surface area is 140 Å². The van der Waals surface area contributed by atoms with Crippen LogP contribution in [0.4, 0.5) is 0 Å². The number of methoxy groups -OCH3 is 3. The lowest BCUT2D eigenvalue weighted by molar-refractivity contribution is -0.140. The van der Waals surface area contributed by atoms with Crippen molar-refractivity contribution in [1.29, 1.82) is 0 Å². The van der Waals surface area contributed by atoms with Crippen molar-refractivity contribution in [2.75, 3.05) is 21.3 Å². The van der Waals surface area contributed by atoms with Gasteiger partial charge >= 0.3 is 5.97 Å². The minimum atomic E-state index is -0.376. The molecule has 24 heavy (non-hydrogen) atoms. The van der Waals surface area contributed by atoms with E-state index in [1.807, 2.05) is 0 Å². The van der Waals surface area contributed by atoms with Crippen LogP contribution in [0.1, 0.15) is 23.5 Å². The van der Waals surface area contributed by atoms with Crippen LogP contribution in [-0.4, -0.2) is 37.5 Å². The fourth-order valence-corrected chi connectivity index (χ4v) is 2.50. The number of esters is 1. The first-order chi connectivity index (χ1) is 11.5. The predicted octanol–water partition coefficient (Wildman–Crippen LogP) is 2.81. The van der Waals surface area contributed by atoms with E-state index in [0.717, 1.165) is 11.1 Å². The second kappa shape index (κ2) is 7.59. The molecule has 0 unspecified atom stereocenters. The zero-order valence-corrected chi connectivity index (χ0v) is 13.8. The molecule has 6 heteroatoms. The lowest BCUT2D eigenvalue weighted by Gasteiger charge is -2.19. The SMILES string of the molecule is COC(=O)CC(c1ccc(O)c(OC)c1)c1ccc(O)c(OC)c1. The smallest absolute Gasteiger partial charge is 0.306 e. The van der Waals surface area contributed by atoms with Crippen molar-refractivity contribution in [2.45, 2.75) is 12.3 Å². The van der Waals surface area contributed by atoms with E-state index in [4.69, 9.17) is 14.2 Å². The molecule has 0 bridgehead atoms. The summed E-state index contributed by atoms with van der Waals surface area (Å²) in [5.41, 5.74) is 1.53. The normalized spacial score (nSPS) is 10.5. The number of rotatable bonds is 6. The molecule has 0 amide bonds. The maximum absolute atomic E-state index is 11.8. The van der Waals surface area contributed by atoms with Gasteiger partial charge in [-0.25, -0.2) is 0 Å². The summed E-state index contributed by atoms with van der Waals surface area (Å²) in [6, 6.07) is 9.78. The molecule has 0 fully saturated rings. The molecule has 0 spiro atoms. The van der Waals surface area contributed by atoms with Gasteiger partial charge in [0.1, 0.15) is 0 Å². The molecular formula is C18H20O6. The predicted molar refractivity (Wildman–Crippen MR) is 87.8 cm³/mol. The van der Waals surface area contributed by atoms with Gasteiger partial charge in [0.05, 0.1) is 27.8 Å². The summed E-state index contributed by atoms with van der Waals surface area (Å²) in [4.78, 5) is 11.8. The molecule has 0 aliphatic rings. The molecule has 0 aliphatic heterocycles. The summed E-state index contributed by atoms with van der Waals surface area (Å²) in [6.45, 7) is 0. The van der Waals surface area contributed by atoms with Gasteiger partial charge in [-0.1, -0.05) is 12.1 Å². The number of phenols is 2. The summed E-state index contributed by atoms with van der Waals surface area (Å²) in [5, 5.41) is 19.5. The number of benzene rings is 2. The Morgan fingerprint density at radius 2 is 1.38 bits per heavy atom. The Kier molecular flexibility index (Phi) is 5.52. The van der Waals surface area contributed by atoms with Gasteiger partial charge in [0, 0.05) is 5.92 Å². The summed E-state index contributed by atoms with van der Waals surface area (Å²) in [7, 11) is 4.24. The van der Waals surface area contributed by atoms with Crippen molar-refractivity contribution in [2.24, 2.45) is 0 Å². The summed E-state index contributed by atoms with van der Waals surface area (Å²) < 4.78 is 15.1. The van der Waals surface area contributed by atoms with Crippen LogP contribution in [0.15, 0.2) is 36.4 Å². The number of carbonyl (C=O) groups excluding carboxylic acids is 1. The van der Waals surface area contributed by atoms with E-state index in [9.17, 15) is 15.0 Å². The Hall–Kier alpha value is -2.89. The number of aromatic hydroxyl groups is 2. The van der Waals surface area contributed by atoms with E-state index >= 15 is 0 Å². The van der Waals surface area contributed by atoms with Gasteiger partial charge in [-0.3, -0.25) is 4.79 Å². The van der Waals surface area contributed by atoms with Crippen molar-refractivity contribution in [3.05, 3.63) is 47.5 Å². The second-order valence-corrected chi connectivity index (χ2v) is 5.20. The first kappa shape index (κ1) is 17.5. The Balaban J connectivity index is 2.50. The Morgan fingerprint density at radius 3 is 1.75 bits per heavy atom. The van der Waals surface area contributed by atoms with Crippen LogP contribution in [0.25, 0.3) is 0 Å². The highest BCUT2D eigenvalue weighted by atomic mass is 16.5. The first-order valence-corrected chi connectivity index (χ1v) is 7.30. The topological polar surface area (TPSA) is 85.2 Å². The number of hydrogen-bond donors (Lipinski definition) is 2. The number of ether oxygens (including phenoxy) is 3. The molecule has 0 saturated carbocycles. The van der Waals surface area contributed by atoms with Crippen molar-refractivity contribution in [3.63, 3.8) is 0 Å². The molecular weight excluding hydrogens is 312 g/mol. The fourth-order valence-electron chi connectivity index (χ4n) is 2.50. The average molecular weight is 332 g/mol. The van der Waals surface area contributed by atoms with E-state index in [0.29, 0.717) is 11.5 Å². The highest BCUT2D eigenvalue weighted by Crippen LogP contribution is 2.37. The van der Waals surface area contributed by atoms with Gasteiger partial charge in [-0.15, -0.1) is 0 Å². The number of hydrogen-bond acceptors (Lipinski definition) is 6. The zero-order chi connectivity index (χ0) is 17.7. The molecule has 0 atom stereocenters. The molecule has 2 N–H and O–H groups in total. The minimum Gasteiger partial charge on any atom is -0.504 e. The lowest BCUT2D eigenvalue weighted by atomic mass is 9.88. The van der Waals surface area contributed by atoms with Crippen molar-refractivity contribution in [3.8, 4) is 23.0 Å². The second-order valence-electron chi connectivity index (χ2n) is 5.20. The third-order valence-corrected chi connectivity index (χ3v) is 3.81. The molecule has 2 aromatic rings. The van der Waals surface area contributed by atoms with Gasteiger partial charge in [-0.05, 0) is 35.4 Å². The van der Waals surface area contributed by atoms with Crippen LogP contribution >= 0.6 is 0 Å². The molecule has 0 heterocycles. The maximum Gasteiger partial charge on any atom is 0.306 e. The molecule has 0 radical (unpaired) electrons. The monoisotopic (exact) mass is 332 g/mol. The van der Waals surface area contributed by atoms with E-state index in [2.05, 4.69) is 0 Å². The quantitative estimate of drug-likeness (QED) is 0.791. The van der Waals surface area contributed by atoms with Gasteiger partial charge in [0.15, 0.2) is 23.0 Å². The van der Waals surface area contributed by atoms with Crippen LogP contribution < -0.4 is 9.47 Å². The van der Waals surface area contributed by atoms with E-state index < -0.39 is 0 Å². The molecule has 128 valence electrons. The summed E-state index contributed by atoms with van der Waals surface area (Å²) in [6.07, 6.45) is 0.0956. The number of carbonyl (C=O) groups is 1. The minimum absolute atomic E-state index is 0.0151. The lowest BCUT2D eigenvalue weighted by Crippen LogP contribution is -2.10. The third-order valence-electron chi connectivity index (χ3n) is 3.81. The first-order valence-electron chi connectivity index (χ1n) is 7.30. The van der Waals surface area contributed by atoms with Crippen LogP contribution in [0.5, 0.6) is 23.0 Å². The molecule has 2 rings (SSSR count). The van der Waals surface area contributed by atoms with Crippen LogP contribution in [0, 0.1) is 0 Å². The molecule has 6 nitrogen and oxygen atoms in total. The van der Waals surface area contributed by atoms with Crippen LogP contribution in [0.3, 0.4) is 0 Å². The number of phenolic OH excluding ortho intramolecular Hbond substituents is 2. The highest BCUT2D eigenvalue weighted by Gasteiger charge is 2.21. The fraction of sp³-hybridized carbons (Fsp3) is 0.278. The average Bonchev–Trinajstić information content (AvgIpc) is 2.60. The highest BCUT2D eigenvalue weighted by molar-refractivity contribution is 5.71. The molecule has 0 aliphatic carbocycles. The largest absolute Gasteiger partial charge is 0.504 e. The third kappa shape index (κ3) is 3.71. The van der Waals surface area contributed by atoms with E-state index in [1.165, 1.54) is 33.5 Å². The van der Waals surface area contributed by atoms with Crippen LogP contribution in [0.2, 0.25) is 0 Å². The standard InChI is InChI=1S/C18H20O6/c1-22-16-8-11(4-6-14(16)19)13(10-18(21)24-3)12-5-7-15(20)17(9-12)23-2/h4-9,13,19-20H,10H2,1-3H3. The van der Waals surface area contributed by atoms with Gasteiger partial charge in [0.25, 0.3) is 0 Å². The van der Waals surface area contributed by atoms with Gasteiger partial charge in [-0.2, -0.15) is 0 Å². The van der Waals surface area contributed by atoms with Gasteiger partial charge in [0.2, 0.25) is 0 Å². The Morgan fingerprint density at radius 1 is 0.917 bits per heavy atom. The summed E-state index contributed by atoms with van der Waals surface area (Å²) >= 11 is 0. The van der Waals surface area contributed by atoms with Crippen molar-refractivity contribution < 1.29 is 29.2 Å². The van der Waals surface area contributed by atoms with Crippen molar-refractivity contribution in [1.82, 2.24) is 0 Å². The van der Waals surface area contributed by atoms with Gasteiger partial charge < -0.3 is 24.4 Å². The zero-order valence-electron chi connectivity index (χ0n) is 13.8. The van der Waals surface area contributed by atoms with E-state index in [1.54, 1.807) is 24.3 Å². The summed E-state index contributed by atoms with van der Waals surface area (Å²) in [5.74, 6) is -0.0653. The maximum atomic E-state index is 11.8. The molecule has 2 aromatic carbocycles. The van der Waals surface area contributed by atoms with Crippen molar-refractivity contribution >= 4 is 5.97 Å². The van der Waals surface area contributed by atoms with Crippen LogP contribution in [-0.2, 0) is 9.53 Å². The van der Waals surface area contributed by atoms with E-state index in [-0.39, 0.29) is 29.8 Å².